The Labute approximate surface area is 180 Å². The summed E-state index contributed by atoms with van der Waals surface area (Å²) >= 11 is 2.04. The number of fused-ring (bicyclic) bond motifs is 9. The summed E-state index contributed by atoms with van der Waals surface area (Å²) in [7, 11) is 0. The molecule has 0 N–H and O–H groups in total. The molecule has 0 saturated carbocycles. The SMILES string of the molecule is C1=CC2C(c3cc4c(cc3N2c2ccccc2)CC4)c2sc3cc4c(cc3c21)CC4. The van der Waals surface area contributed by atoms with Gasteiger partial charge in [0.1, 0.15) is 0 Å². The molecule has 0 bridgehead atoms. The Morgan fingerprint density at radius 3 is 2.33 bits per heavy atom. The highest BCUT2D eigenvalue weighted by molar-refractivity contribution is 7.19. The van der Waals surface area contributed by atoms with E-state index in [0.717, 1.165) is 0 Å². The lowest BCUT2D eigenvalue weighted by Gasteiger charge is -2.30. The lowest BCUT2D eigenvalue weighted by atomic mass is 9.81. The van der Waals surface area contributed by atoms with Gasteiger partial charge in [0.05, 0.1) is 6.04 Å². The van der Waals surface area contributed by atoms with E-state index in [9.17, 15) is 0 Å². The van der Waals surface area contributed by atoms with Crippen molar-refractivity contribution in [1.29, 1.82) is 0 Å². The van der Waals surface area contributed by atoms with E-state index >= 15 is 0 Å². The van der Waals surface area contributed by atoms with Gasteiger partial charge in [0, 0.05) is 32.3 Å². The summed E-state index contributed by atoms with van der Waals surface area (Å²) < 4.78 is 1.48. The van der Waals surface area contributed by atoms with Gasteiger partial charge in [-0.25, -0.2) is 0 Å². The van der Waals surface area contributed by atoms with Crippen LogP contribution in [-0.2, 0) is 25.7 Å². The monoisotopic (exact) mass is 403 g/mol. The van der Waals surface area contributed by atoms with E-state index in [1.807, 2.05) is 11.3 Å². The second-order valence-electron chi connectivity index (χ2n) is 9.21. The van der Waals surface area contributed by atoms with Crippen molar-refractivity contribution in [1.82, 2.24) is 0 Å². The van der Waals surface area contributed by atoms with Gasteiger partial charge in [-0.2, -0.15) is 0 Å². The quantitative estimate of drug-likeness (QED) is 0.339. The van der Waals surface area contributed by atoms with Crippen LogP contribution in [0.1, 0.15) is 44.2 Å². The van der Waals surface area contributed by atoms with E-state index < -0.39 is 0 Å². The number of nitrogens with zero attached hydrogens (tertiary/aromatic N) is 1. The highest BCUT2D eigenvalue weighted by Gasteiger charge is 2.43. The second kappa shape index (κ2) is 5.44. The average molecular weight is 404 g/mol. The summed E-state index contributed by atoms with van der Waals surface area (Å²) in [6.45, 7) is 0. The predicted octanol–water partition coefficient (Wildman–Crippen LogP) is 6.78. The first-order valence-electron chi connectivity index (χ1n) is 11.1. The Balaban J connectivity index is 1.39. The molecular weight excluding hydrogens is 382 g/mol. The maximum Gasteiger partial charge on any atom is 0.0643 e. The predicted molar refractivity (Wildman–Crippen MR) is 126 cm³/mol. The minimum absolute atomic E-state index is 0.369. The third-order valence-corrected chi connectivity index (χ3v) is 9.02. The molecule has 2 heterocycles. The molecule has 0 spiro atoms. The molecule has 8 rings (SSSR count). The summed E-state index contributed by atoms with van der Waals surface area (Å²) in [4.78, 5) is 4.17. The van der Waals surface area contributed by atoms with Crippen LogP contribution in [0.5, 0.6) is 0 Å². The Hall–Kier alpha value is -2.84. The first-order chi connectivity index (χ1) is 14.8. The fraction of sp³-hybridized carbons (Fsp3) is 0.214. The van der Waals surface area contributed by atoms with Gasteiger partial charge in [-0.05, 0) is 89.4 Å². The summed E-state index contributed by atoms with van der Waals surface area (Å²) in [6, 6.07) is 21.3. The zero-order valence-electron chi connectivity index (χ0n) is 16.7. The van der Waals surface area contributed by atoms with Crippen molar-refractivity contribution >= 4 is 38.9 Å². The molecule has 3 aromatic carbocycles. The van der Waals surface area contributed by atoms with Gasteiger partial charge < -0.3 is 4.90 Å². The Kier molecular flexibility index (Phi) is 2.89. The molecule has 3 aliphatic carbocycles. The van der Waals surface area contributed by atoms with Crippen LogP contribution < -0.4 is 4.90 Å². The minimum atomic E-state index is 0.369. The smallest absolute Gasteiger partial charge is 0.0643 e. The van der Waals surface area contributed by atoms with E-state index in [2.05, 4.69) is 71.6 Å². The number of hydrogen-bond acceptors (Lipinski definition) is 2. The van der Waals surface area contributed by atoms with Crippen molar-refractivity contribution in [2.45, 2.75) is 37.6 Å². The number of hydrogen-bond donors (Lipinski definition) is 0. The number of thiophene rings is 1. The number of aryl methyl sites for hydroxylation is 4. The van der Waals surface area contributed by atoms with E-state index in [-0.39, 0.29) is 0 Å². The summed E-state index contributed by atoms with van der Waals surface area (Å²) in [5.74, 6) is 0.441. The molecule has 0 saturated heterocycles. The van der Waals surface area contributed by atoms with Crippen molar-refractivity contribution in [2.75, 3.05) is 4.90 Å². The molecule has 4 aromatic rings. The van der Waals surface area contributed by atoms with Gasteiger partial charge in [-0.3, -0.25) is 0 Å². The molecule has 0 radical (unpaired) electrons. The number of para-hydroxylation sites is 1. The number of anilines is 2. The Bertz CT molecular complexity index is 1410. The summed E-state index contributed by atoms with van der Waals surface area (Å²) in [6.07, 6.45) is 9.88. The van der Waals surface area contributed by atoms with Gasteiger partial charge >= 0.3 is 0 Å². The lowest BCUT2D eigenvalue weighted by molar-refractivity contribution is 0.736. The number of benzene rings is 3. The van der Waals surface area contributed by atoms with E-state index in [1.54, 1.807) is 27.1 Å². The molecule has 1 aromatic heterocycles. The molecule has 30 heavy (non-hydrogen) atoms. The molecule has 1 aliphatic heterocycles. The van der Waals surface area contributed by atoms with Crippen molar-refractivity contribution in [3.63, 3.8) is 0 Å². The first-order valence-corrected chi connectivity index (χ1v) is 11.9. The topological polar surface area (TPSA) is 3.24 Å². The fourth-order valence-electron chi connectivity index (χ4n) is 6.02. The summed E-state index contributed by atoms with van der Waals surface area (Å²) in [5.41, 5.74) is 12.0. The number of rotatable bonds is 1. The molecule has 1 nitrogen and oxygen atoms in total. The molecule has 2 heteroatoms. The molecule has 2 unspecified atom stereocenters. The average Bonchev–Trinajstić information content (AvgIpc) is 3.26. The van der Waals surface area contributed by atoms with Crippen LogP contribution >= 0.6 is 11.3 Å². The van der Waals surface area contributed by atoms with Crippen molar-refractivity contribution < 1.29 is 0 Å². The van der Waals surface area contributed by atoms with Gasteiger partial charge in [0.2, 0.25) is 0 Å². The Morgan fingerprint density at radius 2 is 1.53 bits per heavy atom. The van der Waals surface area contributed by atoms with Gasteiger partial charge in [-0.15, -0.1) is 11.3 Å². The first kappa shape index (κ1) is 15.9. The zero-order chi connectivity index (χ0) is 19.4. The largest absolute Gasteiger partial charge is 0.333 e. The van der Waals surface area contributed by atoms with Crippen LogP contribution in [0.15, 0.2) is 60.7 Å². The van der Waals surface area contributed by atoms with Crippen LogP contribution in [0.25, 0.3) is 16.2 Å². The normalized spacial score (nSPS) is 21.9. The molecule has 0 amide bonds. The van der Waals surface area contributed by atoms with Crippen molar-refractivity contribution in [3.05, 3.63) is 98.9 Å². The lowest BCUT2D eigenvalue weighted by Crippen LogP contribution is -2.30. The standard InChI is InChI=1S/C28H21NS/c1-2-4-20(5-3-1)29-24-11-10-21-22-12-16-7-9-19(16)15-26(22)30-28(21)27(24)23-13-17-6-8-18(17)14-25(23)29/h1-5,10-15,24,27H,6-9H2. The molecular formula is C28H21NS. The van der Waals surface area contributed by atoms with Gasteiger partial charge in [0.25, 0.3) is 0 Å². The molecule has 0 fully saturated rings. The summed E-state index contributed by atoms with van der Waals surface area (Å²) in [5, 5.41) is 1.48. The van der Waals surface area contributed by atoms with Crippen LogP contribution in [-0.4, -0.2) is 6.04 Å². The van der Waals surface area contributed by atoms with Crippen LogP contribution in [0, 0.1) is 0 Å². The second-order valence-corrected chi connectivity index (χ2v) is 10.3. The minimum Gasteiger partial charge on any atom is -0.333 e. The molecule has 144 valence electrons. The Morgan fingerprint density at radius 1 is 0.800 bits per heavy atom. The highest BCUT2D eigenvalue weighted by Crippen LogP contribution is 2.56. The van der Waals surface area contributed by atoms with Gasteiger partial charge in [-0.1, -0.05) is 36.4 Å². The van der Waals surface area contributed by atoms with Crippen LogP contribution in [0.4, 0.5) is 11.4 Å². The van der Waals surface area contributed by atoms with Crippen LogP contribution in [0.2, 0.25) is 0 Å². The van der Waals surface area contributed by atoms with Crippen molar-refractivity contribution in [2.24, 2.45) is 0 Å². The highest BCUT2D eigenvalue weighted by atomic mass is 32.1. The van der Waals surface area contributed by atoms with Crippen molar-refractivity contribution in [3.8, 4) is 0 Å². The molecule has 4 aliphatic rings. The third kappa shape index (κ3) is 1.89. The molecule has 2 atom stereocenters. The fourth-order valence-corrected chi connectivity index (χ4v) is 7.42. The zero-order valence-corrected chi connectivity index (χ0v) is 17.5. The van der Waals surface area contributed by atoms with E-state index in [0.29, 0.717) is 12.0 Å². The van der Waals surface area contributed by atoms with E-state index in [1.165, 1.54) is 58.3 Å². The maximum absolute atomic E-state index is 2.59. The third-order valence-electron chi connectivity index (χ3n) is 7.76. The van der Waals surface area contributed by atoms with Gasteiger partial charge in [0.15, 0.2) is 0 Å². The maximum atomic E-state index is 2.59. The van der Waals surface area contributed by atoms with Crippen LogP contribution in [0.3, 0.4) is 0 Å². The van der Waals surface area contributed by atoms with E-state index in [4.69, 9.17) is 0 Å².